The summed E-state index contributed by atoms with van der Waals surface area (Å²) in [5.41, 5.74) is 6.08. The summed E-state index contributed by atoms with van der Waals surface area (Å²) < 4.78 is 4.99. The molecule has 0 aromatic heterocycles. The lowest BCUT2D eigenvalue weighted by atomic mass is 10.1. The summed E-state index contributed by atoms with van der Waals surface area (Å²) >= 11 is 0. The second-order valence-electron chi connectivity index (χ2n) is 5.52. The number of primary amides is 1. The molecule has 1 fully saturated rings. The zero-order valence-corrected chi connectivity index (χ0v) is 12.7. The molecule has 6 nitrogen and oxygen atoms in total. The van der Waals surface area contributed by atoms with Gasteiger partial charge in [0.05, 0.1) is 12.0 Å². The van der Waals surface area contributed by atoms with Crippen molar-refractivity contribution in [2.45, 2.75) is 32.4 Å². The zero-order valence-electron chi connectivity index (χ0n) is 12.7. The Hall–Kier alpha value is -2.37. The van der Waals surface area contributed by atoms with Gasteiger partial charge in [-0.1, -0.05) is 30.3 Å². The largest absolute Gasteiger partial charge is 0.452 e. The van der Waals surface area contributed by atoms with E-state index in [0.717, 1.165) is 5.56 Å². The van der Waals surface area contributed by atoms with Gasteiger partial charge in [-0.25, -0.2) is 0 Å². The molecule has 1 aromatic carbocycles. The average Bonchev–Trinajstić information content (AvgIpc) is 2.89. The van der Waals surface area contributed by atoms with E-state index >= 15 is 0 Å². The number of likely N-dealkylation sites (tertiary alicyclic amines) is 1. The number of carbonyl (C=O) groups is 3. The summed E-state index contributed by atoms with van der Waals surface area (Å²) in [5, 5.41) is 0. The van der Waals surface area contributed by atoms with Crippen molar-refractivity contribution in [3.05, 3.63) is 35.9 Å². The predicted molar refractivity (Wildman–Crippen MR) is 79.4 cm³/mol. The van der Waals surface area contributed by atoms with Crippen LogP contribution in [0.3, 0.4) is 0 Å². The van der Waals surface area contributed by atoms with Crippen LogP contribution in [0, 0.1) is 5.92 Å². The number of ether oxygens (including phenoxy) is 1. The van der Waals surface area contributed by atoms with Crippen molar-refractivity contribution in [1.82, 2.24) is 4.90 Å². The Kier molecular flexibility index (Phi) is 4.80. The molecular weight excluding hydrogens is 284 g/mol. The minimum absolute atomic E-state index is 0.0926. The van der Waals surface area contributed by atoms with E-state index < -0.39 is 23.9 Å². The molecule has 1 aromatic rings. The molecule has 3 atom stereocenters. The van der Waals surface area contributed by atoms with E-state index in [1.54, 1.807) is 4.90 Å². The fourth-order valence-electron chi connectivity index (χ4n) is 2.50. The molecule has 2 rings (SSSR count). The molecule has 1 aliphatic rings. The first-order valence-corrected chi connectivity index (χ1v) is 7.24. The van der Waals surface area contributed by atoms with Gasteiger partial charge in [0.2, 0.25) is 5.91 Å². The van der Waals surface area contributed by atoms with Gasteiger partial charge >= 0.3 is 5.97 Å². The van der Waals surface area contributed by atoms with Crippen molar-refractivity contribution in [3.63, 3.8) is 0 Å². The maximum Gasteiger partial charge on any atom is 0.312 e. The van der Waals surface area contributed by atoms with Gasteiger partial charge in [0.15, 0.2) is 6.10 Å². The van der Waals surface area contributed by atoms with Gasteiger partial charge in [-0.05, 0) is 19.4 Å². The van der Waals surface area contributed by atoms with E-state index in [9.17, 15) is 14.4 Å². The summed E-state index contributed by atoms with van der Waals surface area (Å²) in [7, 11) is 0. The highest BCUT2D eigenvalue weighted by Crippen LogP contribution is 2.29. The van der Waals surface area contributed by atoms with Gasteiger partial charge in [0.1, 0.15) is 0 Å². The number of benzene rings is 1. The van der Waals surface area contributed by atoms with Gasteiger partial charge in [0, 0.05) is 13.0 Å². The Balaban J connectivity index is 2.01. The second kappa shape index (κ2) is 6.60. The summed E-state index contributed by atoms with van der Waals surface area (Å²) in [4.78, 5) is 36.8. The van der Waals surface area contributed by atoms with Crippen LogP contribution in [0.2, 0.25) is 0 Å². The Bertz CT molecular complexity index is 573. The molecule has 0 spiro atoms. The van der Waals surface area contributed by atoms with E-state index in [1.807, 2.05) is 37.3 Å². The number of esters is 1. The standard InChI is InChI=1S/C16H20N2O4/c1-10(12-6-4-3-5-7-12)18-9-13(8-14(18)19)16(21)22-11(2)15(17)20/h3-7,10-11,13H,8-9H2,1-2H3,(H2,17,20)/t10-,11+,13-/m1/s1. The zero-order chi connectivity index (χ0) is 16.3. The molecule has 0 bridgehead atoms. The number of amides is 2. The van der Waals surface area contributed by atoms with Gasteiger partial charge < -0.3 is 15.4 Å². The van der Waals surface area contributed by atoms with Crippen molar-refractivity contribution >= 4 is 17.8 Å². The molecule has 2 N–H and O–H groups in total. The van der Waals surface area contributed by atoms with Gasteiger partial charge in [-0.2, -0.15) is 0 Å². The molecular formula is C16H20N2O4. The van der Waals surface area contributed by atoms with Gasteiger partial charge in [0.25, 0.3) is 5.91 Å². The van der Waals surface area contributed by atoms with Crippen LogP contribution < -0.4 is 5.73 Å². The Labute approximate surface area is 129 Å². The number of hydrogen-bond donors (Lipinski definition) is 1. The first-order valence-electron chi connectivity index (χ1n) is 7.24. The molecule has 1 heterocycles. The number of nitrogens with zero attached hydrogens (tertiary/aromatic N) is 1. The molecule has 1 aliphatic heterocycles. The fourth-order valence-corrected chi connectivity index (χ4v) is 2.50. The normalized spacial score (nSPS) is 20.5. The topological polar surface area (TPSA) is 89.7 Å². The van der Waals surface area contributed by atoms with E-state index in [-0.39, 0.29) is 18.4 Å². The minimum atomic E-state index is -0.983. The highest BCUT2D eigenvalue weighted by Gasteiger charge is 2.38. The van der Waals surface area contributed by atoms with Crippen LogP contribution in [0.4, 0.5) is 0 Å². The van der Waals surface area contributed by atoms with E-state index in [4.69, 9.17) is 10.5 Å². The Morgan fingerprint density at radius 3 is 2.50 bits per heavy atom. The quantitative estimate of drug-likeness (QED) is 0.822. The summed E-state index contributed by atoms with van der Waals surface area (Å²) in [6.45, 7) is 3.63. The SMILES string of the molecule is C[C@H](OC(=O)[C@@H]1CC(=O)N([C@H](C)c2ccccc2)C1)C(N)=O. The number of nitrogens with two attached hydrogens (primary N) is 1. The lowest BCUT2D eigenvalue weighted by Gasteiger charge is -2.25. The lowest BCUT2D eigenvalue weighted by molar-refractivity contribution is -0.157. The lowest BCUT2D eigenvalue weighted by Crippen LogP contribution is -2.34. The van der Waals surface area contributed by atoms with Crippen molar-refractivity contribution in [2.24, 2.45) is 11.7 Å². The first-order chi connectivity index (χ1) is 10.4. The third-order valence-electron chi connectivity index (χ3n) is 3.93. The monoisotopic (exact) mass is 304 g/mol. The van der Waals surface area contributed by atoms with Crippen molar-refractivity contribution in [2.75, 3.05) is 6.54 Å². The van der Waals surface area contributed by atoms with Crippen LogP contribution in [0.15, 0.2) is 30.3 Å². The van der Waals surface area contributed by atoms with Crippen LogP contribution in [0.25, 0.3) is 0 Å². The van der Waals surface area contributed by atoms with Crippen molar-refractivity contribution in [3.8, 4) is 0 Å². The Morgan fingerprint density at radius 2 is 1.91 bits per heavy atom. The molecule has 0 aliphatic carbocycles. The molecule has 0 radical (unpaired) electrons. The highest BCUT2D eigenvalue weighted by atomic mass is 16.5. The van der Waals surface area contributed by atoms with E-state index in [0.29, 0.717) is 6.54 Å². The molecule has 6 heteroatoms. The summed E-state index contributed by atoms with van der Waals surface area (Å²) in [6.07, 6.45) is -0.884. The number of hydrogen-bond acceptors (Lipinski definition) is 4. The van der Waals surface area contributed by atoms with E-state index in [2.05, 4.69) is 0 Å². The Morgan fingerprint density at radius 1 is 1.27 bits per heavy atom. The van der Waals surface area contributed by atoms with Gasteiger partial charge in [-0.15, -0.1) is 0 Å². The second-order valence-corrected chi connectivity index (χ2v) is 5.52. The predicted octanol–water partition coefficient (Wildman–Crippen LogP) is 1.01. The molecule has 0 unspecified atom stereocenters. The molecule has 0 saturated carbocycles. The molecule has 2 amide bonds. The minimum Gasteiger partial charge on any atom is -0.452 e. The highest BCUT2D eigenvalue weighted by molar-refractivity contribution is 5.88. The molecule has 118 valence electrons. The van der Waals surface area contributed by atoms with Crippen LogP contribution in [0.5, 0.6) is 0 Å². The summed E-state index contributed by atoms with van der Waals surface area (Å²) in [5.74, 6) is -1.90. The average molecular weight is 304 g/mol. The maximum absolute atomic E-state index is 12.2. The number of carbonyl (C=O) groups excluding carboxylic acids is 3. The molecule has 22 heavy (non-hydrogen) atoms. The van der Waals surface area contributed by atoms with Crippen LogP contribution in [-0.4, -0.2) is 35.3 Å². The van der Waals surface area contributed by atoms with Crippen LogP contribution in [0.1, 0.15) is 31.9 Å². The molecule has 1 saturated heterocycles. The van der Waals surface area contributed by atoms with E-state index in [1.165, 1.54) is 6.92 Å². The van der Waals surface area contributed by atoms with Crippen LogP contribution in [-0.2, 0) is 19.1 Å². The van der Waals surface area contributed by atoms with Gasteiger partial charge in [-0.3, -0.25) is 14.4 Å². The van der Waals surface area contributed by atoms with Crippen molar-refractivity contribution in [1.29, 1.82) is 0 Å². The fraction of sp³-hybridized carbons (Fsp3) is 0.438. The third kappa shape index (κ3) is 3.44. The third-order valence-corrected chi connectivity index (χ3v) is 3.93. The summed E-state index contributed by atoms with van der Waals surface area (Å²) in [6, 6.07) is 9.50. The first kappa shape index (κ1) is 16.0. The maximum atomic E-state index is 12.2. The van der Waals surface area contributed by atoms with Crippen LogP contribution >= 0.6 is 0 Å². The smallest absolute Gasteiger partial charge is 0.312 e. The van der Waals surface area contributed by atoms with Crippen molar-refractivity contribution < 1.29 is 19.1 Å². The number of rotatable bonds is 5.